The number of carbonyl (C=O) groups is 1. The molecule has 1 amide bonds. The molecule has 0 aromatic carbocycles. The number of hydroxylamine groups is 4. The second-order valence-corrected chi connectivity index (χ2v) is 7.01. The molecular formula is C12H29Cl2N5O3S. The molecule has 1 heterocycles. The third kappa shape index (κ3) is 10.6. The maximum Gasteiger partial charge on any atom is 0.240 e. The van der Waals surface area contributed by atoms with Gasteiger partial charge in [-0.15, -0.1) is 36.6 Å². The molecule has 0 radical (unpaired) electrons. The highest BCUT2D eigenvalue weighted by Gasteiger charge is 2.27. The van der Waals surface area contributed by atoms with E-state index in [1.165, 1.54) is 0 Å². The number of carbonyl (C=O) groups excluding carboxylic acids is 1. The highest BCUT2D eigenvalue weighted by atomic mass is 35.5. The van der Waals surface area contributed by atoms with Gasteiger partial charge in [-0.3, -0.25) is 4.79 Å². The van der Waals surface area contributed by atoms with E-state index in [1.54, 1.807) is 16.7 Å². The number of thioether (sulfide) groups is 1. The Balaban J connectivity index is 0. The molecule has 1 saturated heterocycles. The molecule has 7 N–H and O–H groups in total. The van der Waals surface area contributed by atoms with Crippen LogP contribution in [0.3, 0.4) is 0 Å². The fourth-order valence-corrected chi connectivity index (χ4v) is 3.34. The van der Waals surface area contributed by atoms with Crippen LogP contribution >= 0.6 is 36.6 Å². The summed E-state index contributed by atoms with van der Waals surface area (Å²) in [5.74, 6) is 1.68. The van der Waals surface area contributed by atoms with Crippen LogP contribution in [0.15, 0.2) is 0 Å². The number of likely N-dealkylation sites (N-methyl/N-ethyl adjacent to an activating group) is 1. The number of halogens is 2. The Morgan fingerprint density at radius 3 is 2.52 bits per heavy atom. The molecule has 0 aromatic rings. The minimum absolute atomic E-state index is 0. The van der Waals surface area contributed by atoms with Gasteiger partial charge in [0.25, 0.3) is 0 Å². The largest absolute Gasteiger partial charge is 0.599 e. The smallest absolute Gasteiger partial charge is 0.240 e. The van der Waals surface area contributed by atoms with Gasteiger partial charge in [0.2, 0.25) is 5.91 Å². The summed E-state index contributed by atoms with van der Waals surface area (Å²) >= 11 is 1.73. The molecule has 1 unspecified atom stereocenters. The van der Waals surface area contributed by atoms with Crippen molar-refractivity contribution in [1.29, 1.82) is 0 Å². The lowest BCUT2D eigenvalue weighted by Gasteiger charge is -2.36. The summed E-state index contributed by atoms with van der Waals surface area (Å²) in [4.78, 5) is 12.3. The summed E-state index contributed by atoms with van der Waals surface area (Å²) in [6, 6.07) is -0.493. The van der Waals surface area contributed by atoms with Gasteiger partial charge in [0, 0.05) is 12.3 Å². The van der Waals surface area contributed by atoms with Crippen molar-refractivity contribution in [3.8, 4) is 0 Å². The minimum atomic E-state index is -1.50. The van der Waals surface area contributed by atoms with Crippen LogP contribution < -0.4 is 17.2 Å². The molecule has 8 nitrogen and oxygen atoms in total. The first-order valence-corrected chi connectivity index (χ1v) is 8.25. The van der Waals surface area contributed by atoms with Crippen molar-refractivity contribution in [2.24, 2.45) is 17.2 Å². The zero-order valence-electron chi connectivity index (χ0n) is 13.3. The van der Waals surface area contributed by atoms with Gasteiger partial charge < -0.3 is 27.3 Å². The molecule has 2 atom stereocenters. The normalized spacial score (nSPS) is 18.6. The number of rotatable bonds is 8. The predicted octanol–water partition coefficient (Wildman–Crippen LogP) is 0.198. The Hall–Kier alpha value is 0.160. The molecule has 0 aromatic heterocycles. The zero-order valence-corrected chi connectivity index (χ0v) is 15.8. The molecule has 23 heavy (non-hydrogen) atoms. The lowest BCUT2D eigenvalue weighted by molar-refractivity contribution is -1.05. The molecule has 1 aliphatic rings. The van der Waals surface area contributed by atoms with Gasteiger partial charge in [-0.2, -0.15) is 0 Å². The summed E-state index contributed by atoms with van der Waals surface area (Å²) in [5.41, 5.74) is 16.2. The van der Waals surface area contributed by atoms with Crippen molar-refractivity contribution < 1.29 is 14.8 Å². The molecule has 0 saturated carbocycles. The van der Waals surface area contributed by atoms with Crippen molar-refractivity contribution in [3.05, 3.63) is 5.21 Å². The first-order valence-electron chi connectivity index (χ1n) is 7.10. The fourth-order valence-electron chi connectivity index (χ4n) is 2.39. The quantitative estimate of drug-likeness (QED) is 0.199. The van der Waals surface area contributed by atoms with Crippen molar-refractivity contribution in [2.75, 3.05) is 31.8 Å². The van der Waals surface area contributed by atoms with E-state index in [0.717, 1.165) is 25.2 Å². The van der Waals surface area contributed by atoms with E-state index >= 15 is 0 Å². The molecule has 0 spiro atoms. The number of hydrogen-bond donors (Lipinski definition) is 4. The standard InChI is InChI=1S/C12H27N5O3S.2ClH/c1-17(19,20)8-12(14,15)5-3-2-4-10(13)11(18)16-6-7-21-9-16;;/h10,19H,2-9,13-15H2,1H3;2*1H/t10-;;/m0../s1. The first kappa shape index (κ1) is 25.4. The fraction of sp³-hybridized carbons (Fsp3) is 0.917. The van der Waals surface area contributed by atoms with Crippen LogP contribution in [-0.4, -0.2) is 64.3 Å². The minimum Gasteiger partial charge on any atom is -0.599 e. The topological polar surface area (TPSA) is 142 Å². The van der Waals surface area contributed by atoms with Gasteiger partial charge in [-0.1, -0.05) is 6.42 Å². The maximum absolute atomic E-state index is 12.0. The summed E-state index contributed by atoms with van der Waals surface area (Å²) in [7, 11) is 1.08. The third-order valence-corrected chi connectivity index (χ3v) is 4.34. The van der Waals surface area contributed by atoms with Crippen molar-refractivity contribution >= 4 is 42.5 Å². The number of quaternary nitrogens is 1. The van der Waals surface area contributed by atoms with Gasteiger partial charge in [0.1, 0.15) is 12.2 Å². The van der Waals surface area contributed by atoms with Gasteiger partial charge >= 0.3 is 0 Å². The van der Waals surface area contributed by atoms with Gasteiger partial charge in [0.15, 0.2) is 0 Å². The summed E-state index contributed by atoms with van der Waals surface area (Å²) < 4.78 is 0. The Kier molecular flexibility index (Phi) is 12.0. The zero-order chi connectivity index (χ0) is 16.1. The van der Waals surface area contributed by atoms with Crippen LogP contribution in [0.4, 0.5) is 0 Å². The van der Waals surface area contributed by atoms with Crippen molar-refractivity contribution in [1.82, 2.24) is 4.90 Å². The number of hydrogen-bond acceptors (Lipinski definition) is 7. The molecule has 1 rings (SSSR count). The van der Waals surface area contributed by atoms with E-state index in [0.29, 0.717) is 25.7 Å². The molecule has 0 aliphatic carbocycles. The Morgan fingerprint density at radius 2 is 2.04 bits per heavy atom. The van der Waals surface area contributed by atoms with Crippen molar-refractivity contribution in [2.45, 2.75) is 37.4 Å². The van der Waals surface area contributed by atoms with E-state index in [-0.39, 0.29) is 37.3 Å². The summed E-state index contributed by atoms with van der Waals surface area (Å²) in [6.07, 6.45) is 2.32. The number of nitrogens with two attached hydrogens (primary N) is 3. The van der Waals surface area contributed by atoms with E-state index in [9.17, 15) is 10.0 Å². The molecule has 1 aliphatic heterocycles. The van der Waals surface area contributed by atoms with Crippen LogP contribution in [0.2, 0.25) is 0 Å². The summed E-state index contributed by atoms with van der Waals surface area (Å²) in [5, 5.41) is 20.3. The average molecular weight is 394 g/mol. The molecule has 11 heteroatoms. The van der Waals surface area contributed by atoms with Crippen molar-refractivity contribution in [3.63, 3.8) is 0 Å². The molecule has 1 fully saturated rings. The van der Waals surface area contributed by atoms with E-state index in [1.807, 2.05) is 0 Å². The molecule has 0 bridgehead atoms. The number of amides is 1. The van der Waals surface area contributed by atoms with Gasteiger partial charge in [0.05, 0.1) is 19.0 Å². The Bertz CT molecular complexity index is 352. The second kappa shape index (κ2) is 10.9. The Labute approximate surface area is 154 Å². The van der Waals surface area contributed by atoms with Crippen LogP contribution in [0.1, 0.15) is 25.7 Å². The third-order valence-electron chi connectivity index (χ3n) is 3.38. The van der Waals surface area contributed by atoms with Crippen LogP contribution in [0, 0.1) is 5.21 Å². The average Bonchev–Trinajstić information content (AvgIpc) is 2.84. The predicted molar refractivity (Wildman–Crippen MR) is 97.3 cm³/mol. The SMILES string of the molecule is C[N+]([O-])(O)CC(N)(N)CCCC[C@H](N)C(=O)N1CCSC1.Cl.Cl. The Morgan fingerprint density at radius 1 is 1.43 bits per heavy atom. The highest BCUT2D eigenvalue weighted by molar-refractivity contribution is 7.99. The number of nitrogens with zero attached hydrogens (tertiary/aromatic N) is 2. The van der Waals surface area contributed by atoms with E-state index in [4.69, 9.17) is 22.4 Å². The second-order valence-electron chi connectivity index (χ2n) is 5.93. The van der Waals surface area contributed by atoms with E-state index in [2.05, 4.69) is 0 Å². The summed E-state index contributed by atoms with van der Waals surface area (Å²) in [6.45, 7) is 0.491. The van der Waals surface area contributed by atoms with Crippen LogP contribution in [0.25, 0.3) is 0 Å². The lowest BCUT2D eigenvalue weighted by atomic mass is 10.0. The van der Waals surface area contributed by atoms with Gasteiger partial charge in [-0.05, 0) is 19.3 Å². The van der Waals surface area contributed by atoms with Crippen LogP contribution in [-0.2, 0) is 4.79 Å². The number of unbranched alkanes of at least 4 members (excludes halogenated alkanes) is 1. The molecular weight excluding hydrogens is 365 g/mol. The maximum atomic E-state index is 12.0. The van der Waals surface area contributed by atoms with Gasteiger partial charge in [-0.25, -0.2) is 10.0 Å². The monoisotopic (exact) mass is 393 g/mol. The van der Waals surface area contributed by atoms with Crippen LogP contribution in [0.5, 0.6) is 0 Å². The first-order chi connectivity index (χ1) is 9.61. The lowest BCUT2D eigenvalue weighted by Crippen LogP contribution is -2.60. The molecule has 140 valence electrons. The van der Waals surface area contributed by atoms with E-state index < -0.39 is 16.5 Å². The highest BCUT2D eigenvalue weighted by Crippen LogP contribution is 2.16.